The molecule has 110 valence electrons. The summed E-state index contributed by atoms with van der Waals surface area (Å²) in [5.74, 6) is -1.36. The minimum Gasteiger partial charge on any atom is -0.398 e. The third kappa shape index (κ3) is 3.36. The fourth-order valence-electron chi connectivity index (χ4n) is 1.73. The number of rotatable bonds is 3. The molecule has 1 amide bonds. The van der Waals surface area contributed by atoms with E-state index in [9.17, 15) is 17.6 Å². The molecule has 0 saturated carbocycles. The predicted molar refractivity (Wildman–Crippen MR) is 76.6 cm³/mol. The van der Waals surface area contributed by atoms with E-state index in [0.29, 0.717) is 0 Å². The number of sulfonamides is 1. The molecule has 0 heterocycles. The highest BCUT2D eigenvalue weighted by Gasteiger charge is 2.17. The van der Waals surface area contributed by atoms with E-state index in [0.717, 1.165) is 12.1 Å². The minimum atomic E-state index is -4.00. The molecule has 0 unspecified atom stereocenters. The molecule has 0 fully saturated rings. The molecule has 6 nitrogen and oxygen atoms in total. The standard InChI is InChI=1S/C13H12FN3O3S/c14-8-5-6-10(15)9(7-8)13(18)17-11-3-1-2-4-12(11)21(16,19)20/h1-7H,15H2,(H,17,18)(H2,16,19,20). The van der Waals surface area contributed by atoms with Crippen LogP contribution in [0.2, 0.25) is 0 Å². The molecule has 0 spiro atoms. The number of benzene rings is 2. The Labute approximate surface area is 120 Å². The zero-order chi connectivity index (χ0) is 15.6. The van der Waals surface area contributed by atoms with E-state index in [2.05, 4.69) is 5.32 Å². The van der Waals surface area contributed by atoms with E-state index in [1.54, 1.807) is 0 Å². The lowest BCUT2D eigenvalue weighted by Gasteiger charge is -2.10. The fourth-order valence-corrected chi connectivity index (χ4v) is 2.43. The van der Waals surface area contributed by atoms with Gasteiger partial charge in [-0.15, -0.1) is 0 Å². The van der Waals surface area contributed by atoms with Crippen molar-refractivity contribution in [2.45, 2.75) is 4.90 Å². The number of nitrogens with one attached hydrogen (secondary N) is 1. The molecule has 0 bridgehead atoms. The number of para-hydroxylation sites is 1. The lowest BCUT2D eigenvalue weighted by atomic mass is 10.1. The number of primary sulfonamides is 1. The number of anilines is 2. The number of nitrogens with two attached hydrogens (primary N) is 2. The highest BCUT2D eigenvalue weighted by Crippen LogP contribution is 2.21. The first-order chi connectivity index (χ1) is 9.79. The summed E-state index contributed by atoms with van der Waals surface area (Å²) < 4.78 is 36.0. The van der Waals surface area contributed by atoms with Crippen LogP contribution in [0, 0.1) is 5.82 Å². The van der Waals surface area contributed by atoms with Gasteiger partial charge in [-0.3, -0.25) is 4.79 Å². The number of amides is 1. The van der Waals surface area contributed by atoms with Gasteiger partial charge >= 0.3 is 0 Å². The van der Waals surface area contributed by atoms with E-state index < -0.39 is 21.7 Å². The normalized spacial score (nSPS) is 11.1. The number of nitrogen functional groups attached to an aromatic ring is 1. The van der Waals surface area contributed by atoms with Crippen molar-refractivity contribution in [2.75, 3.05) is 11.1 Å². The average molecular weight is 309 g/mol. The molecular formula is C13H12FN3O3S. The van der Waals surface area contributed by atoms with Gasteiger partial charge < -0.3 is 11.1 Å². The molecule has 0 aromatic heterocycles. The highest BCUT2D eigenvalue weighted by molar-refractivity contribution is 7.89. The Bertz CT molecular complexity index is 806. The van der Waals surface area contributed by atoms with Gasteiger partial charge in [0.2, 0.25) is 10.0 Å². The molecule has 0 saturated heterocycles. The third-order valence-corrected chi connectivity index (χ3v) is 3.67. The second-order valence-corrected chi connectivity index (χ2v) is 5.76. The summed E-state index contributed by atoms with van der Waals surface area (Å²) in [6.07, 6.45) is 0. The maximum absolute atomic E-state index is 13.2. The topological polar surface area (TPSA) is 115 Å². The number of carbonyl (C=O) groups excluding carboxylic acids is 1. The van der Waals surface area contributed by atoms with Gasteiger partial charge in [0.05, 0.1) is 11.3 Å². The maximum atomic E-state index is 13.2. The van der Waals surface area contributed by atoms with Crippen molar-refractivity contribution in [1.82, 2.24) is 0 Å². The first kappa shape index (κ1) is 14.9. The molecular weight excluding hydrogens is 297 g/mol. The van der Waals surface area contributed by atoms with Crippen molar-refractivity contribution in [3.63, 3.8) is 0 Å². The van der Waals surface area contributed by atoms with Crippen molar-refractivity contribution in [2.24, 2.45) is 5.14 Å². The summed E-state index contributed by atoms with van der Waals surface area (Å²) in [6, 6.07) is 8.93. The second kappa shape index (κ2) is 5.51. The van der Waals surface area contributed by atoms with Crippen LogP contribution in [0.3, 0.4) is 0 Å². The Kier molecular flexibility index (Phi) is 3.92. The minimum absolute atomic E-state index is 0.00587. The molecule has 0 aliphatic heterocycles. The van der Waals surface area contributed by atoms with Gasteiger partial charge in [-0.25, -0.2) is 17.9 Å². The summed E-state index contributed by atoms with van der Waals surface area (Å²) in [4.78, 5) is 11.8. The molecule has 2 aromatic carbocycles. The van der Waals surface area contributed by atoms with E-state index in [1.807, 2.05) is 0 Å². The molecule has 5 N–H and O–H groups in total. The quantitative estimate of drug-likeness (QED) is 0.741. The van der Waals surface area contributed by atoms with E-state index >= 15 is 0 Å². The second-order valence-electron chi connectivity index (χ2n) is 4.23. The maximum Gasteiger partial charge on any atom is 0.257 e. The van der Waals surface area contributed by atoms with Crippen molar-refractivity contribution in [1.29, 1.82) is 0 Å². The zero-order valence-electron chi connectivity index (χ0n) is 10.7. The van der Waals surface area contributed by atoms with Crippen molar-refractivity contribution >= 4 is 27.3 Å². The fraction of sp³-hybridized carbons (Fsp3) is 0. The van der Waals surface area contributed by atoms with Crippen LogP contribution in [0.1, 0.15) is 10.4 Å². The molecule has 0 aliphatic carbocycles. The molecule has 8 heteroatoms. The Hall–Kier alpha value is -2.45. The van der Waals surface area contributed by atoms with Gasteiger partial charge in [-0.1, -0.05) is 12.1 Å². The van der Waals surface area contributed by atoms with E-state index in [-0.39, 0.29) is 21.8 Å². The number of hydrogen-bond donors (Lipinski definition) is 3. The Morgan fingerprint density at radius 3 is 2.48 bits per heavy atom. The van der Waals surface area contributed by atoms with Crippen LogP contribution in [-0.4, -0.2) is 14.3 Å². The van der Waals surface area contributed by atoms with Crippen LogP contribution < -0.4 is 16.2 Å². The monoisotopic (exact) mass is 309 g/mol. The summed E-state index contributed by atoms with van der Waals surface area (Å²) in [6.45, 7) is 0. The Balaban J connectivity index is 2.39. The molecule has 2 aromatic rings. The molecule has 0 radical (unpaired) electrons. The average Bonchev–Trinajstić information content (AvgIpc) is 2.41. The number of carbonyl (C=O) groups is 1. The zero-order valence-corrected chi connectivity index (χ0v) is 11.5. The van der Waals surface area contributed by atoms with Gasteiger partial charge in [0.25, 0.3) is 5.91 Å². The van der Waals surface area contributed by atoms with E-state index in [1.165, 1.54) is 30.3 Å². The van der Waals surface area contributed by atoms with Crippen molar-refractivity contribution in [3.05, 3.63) is 53.8 Å². The van der Waals surface area contributed by atoms with Gasteiger partial charge in [-0.05, 0) is 30.3 Å². The molecule has 0 aliphatic rings. The summed E-state index contributed by atoms with van der Waals surface area (Å²) in [7, 11) is -4.00. The summed E-state index contributed by atoms with van der Waals surface area (Å²) in [5, 5.41) is 7.42. The lowest BCUT2D eigenvalue weighted by Crippen LogP contribution is -2.19. The molecule has 2 rings (SSSR count). The van der Waals surface area contributed by atoms with Crippen molar-refractivity contribution in [3.8, 4) is 0 Å². The van der Waals surface area contributed by atoms with Gasteiger partial charge in [0, 0.05) is 5.69 Å². The van der Waals surface area contributed by atoms with Crippen LogP contribution in [0.25, 0.3) is 0 Å². The number of halogens is 1. The van der Waals surface area contributed by atoms with Crippen LogP contribution in [-0.2, 0) is 10.0 Å². The lowest BCUT2D eigenvalue weighted by molar-refractivity contribution is 0.102. The first-order valence-corrected chi connectivity index (χ1v) is 7.32. The third-order valence-electron chi connectivity index (χ3n) is 2.70. The van der Waals surface area contributed by atoms with Crippen LogP contribution >= 0.6 is 0 Å². The first-order valence-electron chi connectivity index (χ1n) is 5.77. The van der Waals surface area contributed by atoms with Crippen LogP contribution in [0.15, 0.2) is 47.4 Å². The van der Waals surface area contributed by atoms with Gasteiger partial charge in [-0.2, -0.15) is 0 Å². The number of hydrogen-bond acceptors (Lipinski definition) is 4. The summed E-state index contributed by atoms with van der Waals surface area (Å²) >= 11 is 0. The van der Waals surface area contributed by atoms with Crippen LogP contribution in [0.5, 0.6) is 0 Å². The van der Waals surface area contributed by atoms with Gasteiger partial charge in [0.15, 0.2) is 0 Å². The Morgan fingerprint density at radius 2 is 1.81 bits per heavy atom. The van der Waals surface area contributed by atoms with Crippen molar-refractivity contribution < 1.29 is 17.6 Å². The molecule has 21 heavy (non-hydrogen) atoms. The van der Waals surface area contributed by atoms with Crippen LogP contribution in [0.4, 0.5) is 15.8 Å². The molecule has 0 atom stereocenters. The van der Waals surface area contributed by atoms with Gasteiger partial charge in [0.1, 0.15) is 10.7 Å². The largest absolute Gasteiger partial charge is 0.398 e. The smallest absolute Gasteiger partial charge is 0.257 e. The predicted octanol–water partition coefficient (Wildman–Crippen LogP) is 1.31. The SMILES string of the molecule is Nc1ccc(F)cc1C(=O)Nc1ccccc1S(N)(=O)=O. The summed E-state index contributed by atoms with van der Waals surface area (Å²) in [5.41, 5.74) is 5.56. The Morgan fingerprint density at radius 1 is 1.14 bits per heavy atom. The van der Waals surface area contributed by atoms with E-state index in [4.69, 9.17) is 10.9 Å². The highest BCUT2D eigenvalue weighted by atomic mass is 32.2.